The number of nitrogens with zero attached hydrogens (tertiary/aromatic N) is 1. The Kier molecular flexibility index (Phi) is 4.72. The molecule has 0 saturated carbocycles. The average molecular weight is 280 g/mol. The lowest BCUT2D eigenvalue weighted by molar-refractivity contribution is 0.592. The molecule has 1 aromatic carbocycles. The lowest BCUT2D eigenvalue weighted by Gasteiger charge is -2.20. The van der Waals surface area contributed by atoms with Gasteiger partial charge >= 0.3 is 0 Å². The van der Waals surface area contributed by atoms with Crippen molar-refractivity contribution in [2.45, 2.75) is 50.8 Å². The smallest absolute Gasteiger partial charge is 0.225 e. The van der Waals surface area contributed by atoms with E-state index in [2.05, 4.69) is 6.07 Å². The van der Waals surface area contributed by atoms with Crippen molar-refractivity contribution in [2.75, 3.05) is 0 Å². The Morgan fingerprint density at radius 1 is 1.21 bits per heavy atom. The molecule has 0 spiro atoms. The minimum absolute atomic E-state index is 0.00428. The van der Waals surface area contributed by atoms with Gasteiger partial charge in [-0.1, -0.05) is 39.8 Å². The summed E-state index contributed by atoms with van der Waals surface area (Å²) in [6.45, 7) is 7.68. The lowest BCUT2D eigenvalue weighted by atomic mass is 9.90. The summed E-state index contributed by atoms with van der Waals surface area (Å²) in [4.78, 5) is 0.199. The van der Waals surface area contributed by atoms with Gasteiger partial charge in [0.1, 0.15) is 0 Å². The van der Waals surface area contributed by atoms with Gasteiger partial charge in [-0.3, -0.25) is 0 Å². The van der Waals surface area contributed by atoms with E-state index in [9.17, 15) is 8.42 Å². The van der Waals surface area contributed by atoms with E-state index in [1.807, 2.05) is 33.8 Å². The molecular formula is C14H20N2O2S. The second-order valence-electron chi connectivity index (χ2n) is 5.25. The van der Waals surface area contributed by atoms with Gasteiger partial charge < -0.3 is 0 Å². The van der Waals surface area contributed by atoms with Crippen LogP contribution in [0.15, 0.2) is 17.0 Å². The van der Waals surface area contributed by atoms with Crippen molar-refractivity contribution >= 4 is 10.0 Å². The van der Waals surface area contributed by atoms with Crippen LogP contribution in [0, 0.1) is 11.3 Å². The fourth-order valence-corrected chi connectivity index (χ4v) is 3.61. The molecule has 1 aromatic rings. The summed E-state index contributed by atoms with van der Waals surface area (Å²) in [5, 5.41) is 14.3. The van der Waals surface area contributed by atoms with Gasteiger partial charge in [0.15, 0.2) is 0 Å². The van der Waals surface area contributed by atoms with Gasteiger partial charge in [-0.05, 0) is 28.5 Å². The number of nitrogens with two attached hydrogens (primary N) is 1. The zero-order chi connectivity index (χ0) is 14.8. The van der Waals surface area contributed by atoms with E-state index < -0.39 is 10.0 Å². The zero-order valence-corrected chi connectivity index (χ0v) is 12.6. The van der Waals surface area contributed by atoms with Gasteiger partial charge in [-0.2, -0.15) is 5.26 Å². The van der Waals surface area contributed by atoms with E-state index in [0.29, 0.717) is 11.1 Å². The molecule has 0 aromatic heterocycles. The predicted molar refractivity (Wildman–Crippen MR) is 75.3 cm³/mol. The Hall–Kier alpha value is -1.38. The van der Waals surface area contributed by atoms with Gasteiger partial charge in [0.2, 0.25) is 10.0 Å². The highest BCUT2D eigenvalue weighted by atomic mass is 32.2. The van der Waals surface area contributed by atoms with Gasteiger partial charge in [0, 0.05) is 0 Å². The van der Waals surface area contributed by atoms with Crippen LogP contribution in [0.4, 0.5) is 0 Å². The van der Waals surface area contributed by atoms with Crippen LogP contribution in [0.5, 0.6) is 0 Å². The molecule has 5 heteroatoms. The SMILES string of the molecule is CC(C)c1ccc(CC#N)c(C(C)C)c1S(N)(=O)=O. The highest BCUT2D eigenvalue weighted by Gasteiger charge is 2.24. The number of benzene rings is 1. The third kappa shape index (κ3) is 3.34. The van der Waals surface area contributed by atoms with Crippen LogP contribution >= 0.6 is 0 Å². The molecular weight excluding hydrogens is 260 g/mol. The molecule has 0 bridgehead atoms. The molecule has 0 atom stereocenters. The summed E-state index contributed by atoms with van der Waals surface area (Å²) >= 11 is 0. The molecule has 0 unspecified atom stereocenters. The number of primary sulfonamides is 1. The van der Waals surface area contributed by atoms with Gasteiger partial charge in [0.25, 0.3) is 0 Å². The zero-order valence-electron chi connectivity index (χ0n) is 11.8. The molecule has 0 amide bonds. The van der Waals surface area contributed by atoms with Gasteiger partial charge in [0.05, 0.1) is 17.4 Å². The largest absolute Gasteiger partial charge is 0.238 e. The quantitative estimate of drug-likeness (QED) is 0.920. The summed E-state index contributed by atoms with van der Waals surface area (Å²) in [6, 6.07) is 5.67. The molecule has 0 saturated heterocycles. The molecule has 0 aliphatic heterocycles. The topological polar surface area (TPSA) is 83.9 Å². The van der Waals surface area contributed by atoms with Crippen molar-refractivity contribution in [1.82, 2.24) is 0 Å². The molecule has 0 radical (unpaired) electrons. The molecule has 0 fully saturated rings. The minimum Gasteiger partial charge on any atom is -0.225 e. The van der Waals surface area contributed by atoms with Crippen molar-refractivity contribution < 1.29 is 8.42 Å². The summed E-state index contributed by atoms with van der Waals surface area (Å²) in [7, 11) is -3.80. The molecule has 1 rings (SSSR count). The maximum absolute atomic E-state index is 11.9. The standard InChI is InChI=1S/C14H20N2O2S/c1-9(2)12-6-5-11(7-8-15)13(10(3)4)14(12)19(16,17)18/h5-6,9-10H,7H2,1-4H3,(H2,16,17,18). The van der Waals surface area contributed by atoms with Crippen molar-refractivity contribution in [1.29, 1.82) is 5.26 Å². The molecule has 19 heavy (non-hydrogen) atoms. The molecule has 2 N–H and O–H groups in total. The summed E-state index contributed by atoms with van der Waals surface area (Å²) in [5.41, 5.74) is 2.13. The summed E-state index contributed by atoms with van der Waals surface area (Å²) < 4.78 is 23.9. The van der Waals surface area contributed by atoms with Gasteiger partial charge in [-0.15, -0.1) is 0 Å². The van der Waals surface area contributed by atoms with E-state index in [0.717, 1.165) is 5.56 Å². The van der Waals surface area contributed by atoms with E-state index in [4.69, 9.17) is 10.4 Å². The molecule has 0 aliphatic rings. The highest BCUT2D eigenvalue weighted by molar-refractivity contribution is 7.89. The Bertz CT molecular complexity index is 611. The molecule has 0 heterocycles. The van der Waals surface area contributed by atoms with E-state index in [1.54, 1.807) is 6.07 Å². The first-order chi connectivity index (χ1) is 8.70. The number of sulfonamides is 1. The second-order valence-corrected chi connectivity index (χ2v) is 6.74. The predicted octanol–water partition coefficient (Wildman–Crippen LogP) is 2.65. The third-order valence-corrected chi connectivity index (χ3v) is 4.09. The van der Waals surface area contributed by atoms with Crippen molar-refractivity contribution in [3.05, 3.63) is 28.8 Å². The first-order valence-electron chi connectivity index (χ1n) is 6.25. The molecule has 4 nitrogen and oxygen atoms in total. The number of hydrogen-bond donors (Lipinski definition) is 1. The van der Waals surface area contributed by atoms with Gasteiger partial charge in [-0.25, -0.2) is 13.6 Å². The van der Waals surface area contributed by atoms with Crippen LogP contribution in [0.25, 0.3) is 0 Å². The first kappa shape index (κ1) is 15.7. The Labute approximate surface area is 115 Å². The number of hydrogen-bond acceptors (Lipinski definition) is 3. The van der Waals surface area contributed by atoms with Crippen LogP contribution in [0.3, 0.4) is 0 Å². The average Bonchev–Trinajstić information content (AvgIpc) is 2.26. The van der Waals surface area contributed by atoms with E-state index in [-0.39, 0.29) is 23.2 Å². The van der Waals surface area contributed by atoms with Crippen LogP contribution in [0.2, 0.25) is 0 Å². The minimum atomic E-state index is -3.80. The Morgan fingerprint density at radius 3 is 2.16 bits per heavy atom. The lowest BCUT2D eigenvalue weighted by Crippen LogP contribution is -2.19. The number of nitriles is 1. The van der Waals surface area contributed by atoms with Crippen molar-refractivity contribution in [3.8, 4) is 6.07 Å². The third-order valence-electron chi connectivity index (χ3n) is 3.07. The fraction of sp³-hybridized carbons (Fsp3) is 0.500. The normalized spacial score (nSPS) is 11.9. The van der Waals surface area contributed by atoms with E-state index in [1.165, 1.54) is 0 Å². The van der Waals surface area contributed by atoms with Crippen LogP contribution < -0.4 is 5.14 Å². The summed E-state index contributed by atoms with van der Waals surface area (Å²) in [6.07, 6.45) is 0.189. The van der Waals surface area contributed by atoms with Crippen LogP contribution in [-0.4, -0.2) is 8.42 Å². The highest BCUT2D eigenvalue weighted by Crippen LogP contribution is 2.33. The van der Waals surface area contributed by atoms with Crippen LogP contribution in [0.1, 0.15) is 56.2 Å². The number of rotatable bonds is 4. The first-order valence-corrected chi connectivity index (χ1v) is 7.80. The Balaban J connectivity index is 3.78. The van der Waals surface area contributed by atoms with E-state index >= 15 is 0 Å². The molecule has 104 valence electrons. The monoisotopic (exact) mass is 280 g/mol. The Morgan fingerprint density at radius 2 is 1.79 bits per heavy atom. The maximum atomic E-state index is 11.9. The second kappa shape index (κ2) is 5.72. The maximum Gasteiger partial charge on any atom is 0.238 e. The van der Waals surface area contributed by atoms with Crippen molar-refractivity contribution in [3.63, 3.8) is 0 Å². The van der Waals surface area contributed by atoms with Crippen LogP contribution in [-0.2, 0) is 16.4 Å². The van der Waals surface area contributed by atoms with Crippen molar-refractivity contribution in [2.24, 2.45) is 5.14 Å². The fourth-order valence-electron chi connectivity index (χ4n) is 2.30. The molecule has 0 aliphatic carbocycles. The summed E-state index contributed by atoms with van der Waals surface area (Å²) in [5.74, 6) is 0.0531.